The first-order chi connectivity index (χ1) is 8.63. The van der Waals surface area contributed by atoms with Crippen LogP contribution in [-0.4, -0.2) is 21.3 Å². The Kier molecular flexibility index (Phi) is 4.11. The van der Waals surface area contributed by atoms with Gasteiger partial charge in [-0.15, -0.1) is 11.6 Å². The Morgan fingerprint density at radius 1 is 1.44 bits per heavy atom. The van der Waals surface area contributed by atoms with Gasteiger partial charge in [-0.2, -0.15) is 0 Å². The molecule has 0 unspecified atom stereocenters. The molecule has 0 aromatic carbocycles. The molecule has 3 N–H and O–H groups in total. The van der Waals surface area contributed by atoms with Crippen molar-refractivity contribution in [3.05, 3.63) is 21.9 Å². The lowest BCUT2D eigenvalue weighted by atomic mass is 10.0. The van der Waals surface area contributed by atoms with Crippen LogP contribution in [0.5, 0.6) is 0 Å². The van der Waals surface area contributed by atoms with Gasteiger partial charge in [-0.3, -0.25) is 9.36 Å². The minimum absolute atomic E-state index is 0.0936. The molecule has 18 heavy (non-hydrogen) atoms. The van der Waals surface area contributed by atoms with E-state index in [4.69, 9.17) is 17.3 Å². The maximum atomic E-state index is 11.9. The Hall–Kier alpha value is -1.23. The zero-order valence-electron chi connectivity index (χ0n) is 10.2. The van der Waals surface area contributed by atoms with Crippen LogP contribution < -0.4 is 11.4 Å². The summed E-state index contributed by atoms with van der Waals surface area (Å²) in [4.78, 5) is 25.7. The number of imidazole rings is 1. The highest BCUT2D eigenvalue weighted by atomic mass is 35.5. The third-order valence-electron chi connectivity index (χ3n) is 3.50. The van der Waals surface area contributed by atoms with Gasteiger partial charge in [0.25, 0.3) is 0 Å². The molecule has 6 heteroatoms. The van der Waals surface area contributed by atoms with Gasteiger partial charge in [0.2, 0.25) is 5.91 Å². The van der Waals surface area contributed by atoms with E-state index < -0.39 is 5.91 Å². The van der Waals surface area contributed by atoms with Crippen LogP contribution >= 0.6 is 11.6 Å². The van der Waals surface area contributed by atoms with Gasteiger partial charge in [0.15, 0.2) is 0 Å². The number of nitrogens with one attached hydrogen (secondary N) is 1. The Bertz CT molecular complexity index is 486. The van der Waals surface area contributed by atoms with Crippen molar-refractivity contribution in [2.45, 2.75) is 44.6 Å². The number of aromatic amines is 1. The van der Waals surface area contributed by atoms with Crippen molar-refractivity contribution in [3.8, 4) is 0 Å². The largest absolute Gasteiger partial charge is 0.369 e. The number of aromatic nitrogens is 2. The van der Waals surface area contributed by atoms with Crippen LogP contribution in [0, 0.1) is 0 Å². The molecule has 0 radical (unpaired) electrons. The van der Waals surface area contributed by atoms with Crippen molar-refractivity contribution in [3.63, 3.8) is 0 Å². The van der Waals surface area contributed by atoms with Gasteiger partial charge in [0, 0.05) is 29.7 Å². The number of nitrogens with two attached hydrogens (primary N) is 1. The summed E-state index contributed by atoms with van der Waals surface area (Å²) in [6, 6.07) is 0. The van der Waals surface area contributed by atoms with E-state index in [1.807, 2.05) is 0 Å². The molecule has 1 aromatic heterocycles. The fourth-order valence-electron chi connectivity index (χ4n) is 2.81. The summed E-state index contributed by atoms with van der Waals surface area (Å²) in [7, 11) is 0. The Balaban J connectivity index is 2.41. The number of halogens is 1. The number of H-pyrrole nitrogens is 1. The van der Waals surface area contributed by atoms with Gasteiger partial charge in [0.1, 0.15) is 0 Å². The summed E-state index contributed by atoms with van der Waals surface area (Å²) in [6.07, 6.45) is 4.55. The van der Waals surface area contributed by atoms with Crippen LogP contribution in [0.25, 0.3) is 0 Å². The zero-order valence-corrected chi connectivity index (χ0v) is 11.0. The minimum atomic E-state index is -0.423. The number of hydrogen-bond acceptors (Lipinski definition) is 2. The Morgan fingerprint density at radius 2 is 2.11 bits per heavy atom. The van der Waals surface area contributed by atoms with E-state index in [9.17, 15) is 9.59 Å². The number of alkyl halides is 1. The molecule has 1 fully saturated rings. The third kappa shape index (κ3) is 2.61. The molecule has 0 bridgehead atoms. The molecule has 0 saturated heterocycles. The summed E-state index contributed by atoms with van der Waals surface area (Å²) in [5.41, 5.74) is 6.66. The second-order valence-corrected chi connectivity index (χ2v) is 5.14. The summed E-state index contributed by atoms with van der Waals surface area (Å²) in [5.74, 6) is 0.308. The molecule has 1 aromatic rings. The molecule has 1 aliphatic carbocycles. The highest BCUT2D eigenvalue weighted by molar-refractivity contribution is 6.17. The van der Waals surface area contributed by atoms with Gasteiger partial charge in [-0.25, -0.2) is 4.79 Å². The predicted molar refractivity (Wildman–Crippen MR) is 69.9 cm³/mol. The molecule has 100 valence electrons. The Labute approximate surface area is 110 Å². The number of primary amides is 1. The van der Waals surface area contributed by atoms with Crippen molar-refractivity contribution in [2.24, 2.45) is 5.73 Å². The van der Waals surface area contributed by atoms with Gasteiger partial charge < -0.3 is 10.7 Å². The van der Waals surface area contributed by atoms with Crippen LogP contribution in [0.15, 0.2) is 4.79 Å². The fourth-order valence-corrected chi connectivity index (χ4v) is 2.98. The Morgan fingerprint density at radius 3 is 2.67 bits per heavy atom. The first-order valence-electron chi connectivity index (χ1n) is 6.29. The molecular formula is C12H18ClN3O2. The first-order valence-corrected chi connectivity index (χ1v) is 6.82. The summed E-state index contributed by atoms with van der Waals surface area (Å²) < 4.78 is 1.67. The maximum Gasteiger partial charge on any atom is 0.325 e. The van der Waals surface area contributed by atoms with E-state index in [0.29, 0.717) is 24.0 Å². The quantitative estimate of drug-likeness (QED) is 0.787. The van der Waals surface area contributed by atoms with Crippen molar-refractivity contribution < 1.29 is 4.79 Å². The lowest BCUT2D eigenvalue weighted by Gasteiger charge is -2.14. The second kappa shape index (κ2) is 5.61. The second-order valence-electron chi connectivity index (χ2n) is 4.76. The highest BCUT2D eigenvalue weighted by Gasteiger charge is 2.26. The van der Waals surface area contributed by atoms with Gasteiger partial charge in [-0.05, 0) is 12.8 Å². The molecule has 1 amide bonds. The molecule has 1 saturated carbocycles. The molecule has 1 heterocycles. The summed E-state index contributed by atoms with van der Waals surface area (Å²) in [6.45, 7) is 0.474. The number of rotatable bonds is 5. The average molecular weight is 272 g/mol. The lowest BCUT2D eigenvalue weighted by Crippen LogP contribution is -2.20. The molecule has 0 spiro atoms. The number of carbonyl (C=O) groups is 1. The predicted octanol–water partition coefficient (Wildman–Crippen LogP) is 1.10. The van der Waals surface area contributed by atoms with Crippen molar-refractivity contribution in [2.75, 3.05) is 5.88 Å². The van der Waals surface area contributed by atoms with E-state index in [0.717, 1.165) is 18.5 Å². The van der Waals surface area contributed by atoms with E-state index in [2.05, 4.69) is 4.98 Å². The monoisotopic (exact) mass is 271 g/mol. The van der Waals surface area contributed by atoms with Gasteiger partial charge in [-0.1, -0.05) is 12.8 Å². The van der Waals surface area contributed by atoms with Crippen molar-refractivity contribution in [1.82, 2.24) is 9.55 Å². The number of amides is 1. The number of hydrogen-bond donors (Lipinski definition) is 2. The molecule has 0 atom stereocenters. The summed E-state index contributed by atoms with van der Waals surface area (Å²) >= 11 is 5.74. The van der Waals surface area contributed by atoms with Crippen LogP contribution in [-0.2, 0) is 17.8 Å². The maximum absolute atomic E-state index is 11.9. The van der Waals surface area contributed by atoms with Crippen LogP contribution in [0.3, 0.4) is 0 Å². The molecule has 1 aliphatic rings. The SMILES string of the molecule is NC(=O)Cc1[nH]c(=O)n(CCCl)c1C1CCCC1. The van der Waals surface area contributed by atoms with E-state index in [1.54, 1.807) is 4.57 Å². The molecule has 5 nitrogen and oxygen atoms in total. The number of carbonyl (C=O) groups excluding carboxylic acids is 1. The first kappa shape index (κ1) is 13.2. The van der Waals surface area contributed by atoms with E-state index in [1.165, 1.54) is 12.8 Å². The lowest BCUT2D eigenvalue weighted by molar-refractivity contribution is -0.117. The zero-order chi connectivity index (χ0) is 13.1. The van der Waals surface area contributed by atoms with Crippen LogP contribution in [0.2, 0.25) is 0 Å². The standard InChI is InChI=1S/C12H18ClN3O2/c13-5-6-16-11(8-3-1-2-4-8)9(7-10(14)17)15-12(16)18/h8H,1-7H2,(H2,14,17)(H,15,18). The van der Waals surface area contributed by atoms with Gasteiger partial charge in [0.05, 0.1) is 6.42 Å². The smallest absolute Gasteiger partial charge is 0.325 e. The van der Waals surface area contributed by atoms with Crippen LogP contribution in [0.1, 0.15) is 43.0 Å². The number of nitrogens with zero attached hydrogens (tertiary/aromatic N) is 1. The van der Waals surface area contributed by atoms with Crippen LogP contribution in [0.4, 0.5) is 0 Å². The molecular weight excluding hydrogens is 254 g/mol. The minimum Gasteiger partial charge on any atom is -0.369 e. The normalized spacial score (nSPS) is 16.3. The topological polar surface area (TPSA) is 80.9 Å². The van der Waals surface area contributed by atoms with E-state index >= 15 is 0 Å². The molecule has 2 rings (SSSR count). The highest BCUT2D eigenvalue weighted by Crippen LogP contribution is 2.35. The average Bonchev–Trinajstić information content (AvgIpc) is 2.88. The van der Waals surface area contributed by atoms with E-state index in [-0.39, 0.29) is 12.1 Å². The van der Waals surface area contributed by atoms with Gasteiger partial charge >= 0.3 is 5.69 Å². The summed E-state index contributed by atoms with van der Waals surface area (Å²) in [5, 5.41) is 0. The molecule has 0 aliphatic heterocycles. The van der Waals surface area contributed by atoms with Crippen molar-refractivity contribution in [1.29, 1.82) is 0 Å². The fraction of sp³-hybridized carbons (Fsp3) is 0.667. The third-order valence-corrected chi connectivity index (χ3v) is 3.67. The van der Waals surface area contributed by atoms with Crippen molar-refractivity contribution >= 4 is 17.5 Å².